The zero-order valence-corrected chi connectivity index (χ0v) is 13.3. The smallest absolute Gasteiger partial charge is 0.265 e. The maximum Gasteiger partial charge on any atom is 0.265 e. The molecule has 1 heterocycles. The molecule has 0 unspecified atom stereocenters. The number of thiophene rings is 1. The van der Waals surface area contributed by atoms with Gasteiger partial charge in [0.05, 0.1) is 10.6 Å². The van der Waals surface area contributed by atoms with Crippen molar-refractivity contribution in [3.63, 3.8) is 0 Å². The summed E-state index contributed by atoms with van der Waals surface area (Å²) in [5.41, 5.74) is 1.01. The number of nitrogens with one attached hydrogen (secondary N) is 1. The molecule has 0 aliphatic rings. The summed E-state index contributed by atoms with van der Waals surface area (Å²) < 4.78 is 0.956. The molecule has 0 radical (unpaired) electrons. The highest BCUT2D eigenvalue weighted by molar-refractivity contribution is 7.21. The molecule has 110 valence electrons. The van der Waals surface area contributed by atoms with Gasteiger partial charge >= 0.3 is 0 Å². The number of halogens is 1. The van der Waals surface area contributed by atoms with Crippen LogP contribution < -0.4 is 5.32 Å². The topological polar surface area (TPSA) is 46.2 Å². The summed E-state index contributed by atoms with van der Waals surface area (Å²) in [5.74, 6) is -0.332. The fraction of sp³-hybridized carbons (Fsp3) is 0.0588. The third-order valence-corrected chi connectivity index (χ3v) is 4.72. The standard InChI is InChI=1S/C17H12ClNO2S/c1-10(20)11-5-2-3-7-14(11)19-17(21)16-9-12-13(18)6-4-8-15(12)22-16/h2-9H,1H3,(H,19,21). The lowest BCUT2D eigenvalue weighted by Gasteiger charge is -2.07. The van der Waals surface area contributed by atoms with Crippen LogP contribution in [0.25, 0.3) is 10.1 Å². The molecule has 1 amide bonds. The molecule has 0 fully saturated rings. The monoisotopic (exact) mass is 329 g/mol. The van der Waals surface area contributed by atoms with Crippen LogP contribution in [0.1, 0.15) is 27.0 Å². The molecule has 0 spiro atoms. The molecule has 0 saturated heterocycles. The summed E-state index contributed by atoms with van der Waals surface area (Å²) in [6, 6.07) is 14.3. The molecule has 0 bridgehead atoms. The summed E-state index contributed by atoms with van der Waals surface area (Å²) in [5, 5.41) is 4.28. The third kappa shape index (κ3) is 2.75. The van der Waals surface area contributed by atoms with Gasteiger partial charge in [0.25, 0.3) is 5.91 Å². The fourth-order valence-electron chi connectivity index (χ4n) is 2.22. The first kappa shape index (κ1) is 14.8. The summed E-state index contributed by atoms with van der Waals surface area (Å²) in [6.07, 6.45) is 0. The number of hydrogen-bond acceptors (Lipinski definition) is 3. The number of benzene rings is 2. The van der Waals surface area contributed by atoms with E-state index in [4.69, 9.17) is 11.6 Å². The van der Waals surface area contributed by atoms with Crippen LogP contribution in [0.15, 0.2) is 48.5 Å². The van der Waals surface area contributed by atoms with Crippen LogP contribution in [0, 0.1) is 0 Å². The summed E-state index contributed by atoms with van der Waals surface area (Å²) >= 11 is 7.50. The van der Waals surface area contributed by atoms with Crippen molar-refractivity contribution in [2.45, 2.75) is 6.92 Å². The molecule has 0 aliphatic heterocycles. The highest BCUT2D eigenvalue weighted by Gasteiger charge is 2.14. The van der Waals surface area contributed by atoms with Crippen molar-refractivity contribution >= 4 is 50.4 Å². The molecule has 0 atom stereocenters. The third-order valence-electron chi connectivity index (χ3n) is 3.29. The molecule has 22 heavy (non-hydrogen) atoms. The van der Waals surface area contributed by atoms with E-state index in [1.54, 1.807) is 36.4 Å². The van der Waals surface area contributed by atoms with Crippen LogP contribution in [0.5, 0.6) is 0 Å². The maximum absolute atomic E-state index is 12.4. The van der Waals surface area contributed by atoms with Crippen molar-refractivity contribution in [3.05, 3.63) is 64.0 Å². The minimum absolute atomic E-state index is 0.0877. The van der Waals surface area contributed by atoms with Crippen LogP contribution in [0.2, 0.25) is 5.02 Å². The molecule has 3 nitrogen and oxygen atoms in total. The van der Waals surface area contributed by atoms with Gasteiger partial charge in [-0.25, -0.2) is 0 Å². The number of amides is 1. The first-order valence-electron chi connectivity index (χ1n) is 6.65. The number of para-hydroxylation sites is 1. The van der Waals surface area contributed by atoms with Crippen molar-refractivity contribution < 1.29 is 9.59 Å². The van der Waals surface area contributed by atoms with Gasteiger partial charge in [-0.1, -0.05) is 29.8 Å². The summed E-state index contributed by atoms with van der Waals surface area (Å²) in [4.78, 5) is 24.6. The van der Waals surface area contributed by atoms with Crippen LogP contribution in [-0.2, 0) is 0 Å². The number of carbonyl (C=O) groups is 2. The van der Waals surface area contributed by atoms with Gasteiger partial charge in [0, 0.05) is 20.7 Å². The SMILES string of the molecule is CC(=O)c1ccccc1NC(=O)c1cc2c(Cl)cccc2s1. The van der Waals surface area contributed by atoms with E-state index in [0.717, 1.165) is 10.1 Å². The lowest BCUT2D eigenvalue weighted by molar-refractivity contribution is 0.101. The molecule has 3 rings (SSSR count). The Hall–Kier alpha value is -2.17. The number of Topliss-reactive ketones (excluding diaryl/α,β-unsaturated/α-hetero) is 1. The second kappa shape index (κ2) is 5.91. The van der Waals surface area contributed by atoms with E-state index in [1.165, 1.54) is 18.3 Å². The van der Waals surface area contributed by atoms with Gasteiger partial charge in [-0.3, -0.25) is 9.59 Å². The molecular weight excluding hydrogens is 318 g/mol. The Labute approximate surface area is 136 Å². The van der Waals surface area contributed by atoms with Gasteiger partial charge in [-0.2, -0.15) is 0 Å². The van der Waals surface area contributed by atoms with Crippen LogP contribution in [0.3, 0.4) is 0 Å². The van der Waals surface area contributed by atoms with E-state index in [-0.39, 0.29) is 11.7 Å². The van der Waals surface area contributed by atoms with E-state index in [1.807, 2.05) is 12.1 Å². The Morgan fingerprint density at radius 2 is 1.86 bits per heavy atom. The number of fused-ring (bicyclic) bond motifs is 1. The molecule has 5 heteroatoms. The Bertz CT molecular complexity index is 885. The minimum atomic E-state index is -0.244. The van der Waals surface area contributed by atoms with E-state index in [9.17, 15) is 9.59 Å². The lowest BCUT2D eigenvalue weighted by Crippen LogP contribution is -2.12. The average Bonchev–Trinajstić information content (AvgIpc) is 2.93. The van der Waals surface area contributed by atoms with Gasteiger partial charge in [0.15, 0.2) is 5.78 Å². The van der Waals surface area contributed by atoms with Crippen molar-refractivity contribution in [3.8, 4) is 0 Å². The Morgan fingerprint density at radius 3 is 2.59 bits per heavy atom. The largest absolute Gasteiger partial charge is 0.321 e. The van der Waals surface area contributed by atoms with Crippen molar-refractivity contribution in [2.75, 3.05) is 5.32 Å². The van der Waals surface area contributed by atoms with Crippen molar-refractivity contribution in [2.24, 2.45) is 0 Å². The Kier molecular flexibility index (Phi) is 3.96. The van der Waals surface area contributed by atoms with Gasteiger partial charge in [-0.05, 0) is 37.3 Å². The van der Waals surface area contributed by atoms with E-state index >= 15 is 0 Å². The second-order valence-electron chi connectivity index (χ2n) is 4.82. The average molecular weight is 330 g/mol. The molecule has 3 aromatic rings. The fourth-order valence-corrected chi connectivity index (χ4v) is 3.49. The number of rotatable bonds is 3. The zero-order chi connectivity index (χ0) is 15.7. The van der Waals surface area contributed by atoms with Gasteiger partial charge in [-0.15, -0.1) is 11.3 Å². The normalized spacial score (nSPS) is 10.6. The van der Waals surface area contributed by atoms with Gasteiger partial charge < -0.3 is 5.32 Å². The van der Waals surface area contributed by atoms with Crippen LogP contribution >= 0.6 is 22.9 Å². The molecular formula is C17H12ClNO2S. The Balaban J connectivity index is 1.94. The van der Waals surface area contributed by atoms with Crippen molar-refractivity contribution in [1.82, 2.24) is 0 Å². The second-order valence-corrected chi connectivity index (χ2v) is 6.31. The molecule has 0 saturated carbocycles. The van der Waals surface area contributed by atoms with E-state index < -0.39 is 0 Å². The summed E-state index contributed by atoms with van der Waals surface area (Å²) in [7, 11) is 0. The molecule has 1 aromatic heterocycles. The number of hydrogen-bond donors (Lipinski definition) is 1. The predicted molar refractivity (Wildman–Crippen MR) is 91.2 cm³/mol. The van der Waals surface area contributed by atoms with Crippen LogP contribution in [0.4, 0.5) is 5.69 Å². The Morgan fingerprint density at radius 1 is 1.09 bits per heavy atom. The van der Waals surface area contributed by atoms with E-state index in [0.29, 0.717) is 21.2 Å². The number of ketones is 1. The zero-order valence-electron chi connectivity index (χ0n) is 11.7. The van der Waals surface area contributed by atoms with E-state index in [2.05, 4.69) is 5.32 Å². The first-order chi connectivity index (χ1) is 10.6. The maximum atomic E-state index is 12.4. The highest BCUT2D eigenvalue weighted by Crippen LogP contribution is 2.31. The first-order valence-corrected chi connectivity index (χ1v) is 7.85. The summed E-state index contributed by atoms with van der Waals surface area (Å²) in [6.45, 7) is 1.48. The number of anilines is 1. The lowest BCUT2D eigenvalue weighted by atomic mass is 10.1. The van der Waals surface area contributed by atoms with Gasteiger partial charge in [0.2, 0.25) is 0 Å². The molecule has 1 N–H and O–H groups in total. The number of carbonyl (C=O) groups excluding carboxylic acids is 2. The van der Waals surface area contributed by atoms with Gasteiger partial charge in [0.1, 0.15) is 0 Å². The van der Waals surface area contributed by atoms with Crippen molar-refractivity contribution in [1.29, 1.82) is 0 Å². The predicted octanol–water partition coefficient (Wildman–Crippen LogP) is 5.01. The quantitative estimate of drug-likeness (QED) is 0.686. The highest BCUT2D eigenvalue weighted by atomic mass is 35.5. The molecule has 2 aromatic carbocycles. The molecule has 0 aliphatic carbocycles. The minimum Gasteiger partial charge on any atom is -0.321 e. The van der Waals surface area contributed by atoms with Crippen LogP contribution in [-0.4, -0.2) is 11.7 Å².